The maximum atomic E-state index is 12.7. The van der Waals surface area contributed by atoms with Crippen LogP contribution in [0.2, 0.25) is 5.02 Å². The molecule has 0 aliphatic heterocycles. The number of pyridine rings is 1. The molecule has 0 aliphatic carbocycles. The van der Waals surface area contributed by atoms with E-state index in [4.69, 9.17) is 11.6 Å². The van der Waals surface area contributed by atoms with Gasteiger partial charge in [-0.15, -0.1) is 0 Å². The van der Waals surface area contributed by atoms with Crippen molar-refractivity contribution < 1.29 is 0 Å². The number of benzene rings is 1. The summed E-state index contributed by atoms with van der Waals surface area (Å²) in [6.45, 7) is 1.94. The highest BCUT2D eigenvalue weighted by Gasteiger charge is 2.11. The van der Waals surface area contributed by atoms with E-state index in [0.29, 0.717) is 16.4 Å². The largest absolute Gasteiger partial charge is 0.273 e. The van der Waals surface area contributed by atoms with Gasteiger partial charge in [-0.2, -0.15) is 4.52 Å². The van der Waals surface area contributed by atoms with Crippen LogP contribution in [-0.2, 0) is 0 Å². The van der Waals surface area contributed by atoms with E-state index in [1.165, 1.54) is 6.07 Å². The smallest absolute Gasteiger partial charge is 0.267 e. The molecule has 4 rings (SSSR count). The second-order valence-corrected chi connectivity index (χ2v) is 6.32. The van der Waals surface area contributed by atoms with Crippen molar-refractivity contribution in [3.8, 4) is 5.69 Å². The molecule has 0 spiro atoms. The Balaban J connectivity index is 1.81. The normalized spacial score (nSPS) is 11.5. The van der Waals surface area contributed by atoms with Crippen LogP contribution in [0.1, 0.15) is 17.0 Å². The summed E-state index contributed by atoms with van der Waals surface area (Å²) in [5.74, 6) is 0. The van der Waals surface area contributed by atoms with Gasteiger partial charge in [-0.1, -0.05) is 23.7 Å². The van der Waals surface area contributed by atoms with E-state index < -0.39 is 0 Å². The third-order valence-electron chi connectivity index (χ3n) is 4.01. The van der Waals surface area contributed by atoms with Crippen molar-refractivity contribution in [1.82, 2.24) is 19.2 Å². The molecule has 0 amide bonds. The van der Waals surface area contributed by atoms with Gasteiger partial charge in [0.05, 0.1) is 11.4 Å². The molecular weight excluding hydrogens is 348 g/mol. The average molecular weight is 363 g/mol. The summed E-state index contributed by atoms with van der Waals surface area (Å²) in [4.78, 5) is 21.4. The standard InChI is InChI=1S/C20H15ClN4O/c1-14-11-19-23-17(7-4-15-3-2-10-22-13-15)12-20(26)25(19)24(14)18-8-5-16(21)6-9-18/h2-13H,1H3. The topological polar surface area (TPSA) is 52.2 Å². The molecule has 0 radical (unpaired) electrons. The number of aryl methyl sites for hydroxylation is 1. The van der Waals surface area contributed by atoms with E-state index >= 15 is 0 Å². The maximum Gasteiger partial charge on any atom is 0.273 e. The van der Waals surface area contributed by atoms with Crippen LogP contribution in [0.3, 0.4) is 0 Å². The molecule has 0 aliphatic rings. The number of fused-ring (bicyclic) bond motifs is 1. The molecule has 6 heteroatoms. The number of rotatable bonds is 3. The third-order valence-corrected chi connectivity index (χ3v) is 4.27. The Hall–Kier alpha value is -3.18. The number of hydrogen-bond acceptors (Lipinski definition) is 3. The summed E-state index contributed by atoms with van der Waals surface area (Å²) in [6, 6.07) is 14.5. The number of hydrogen-bond donors (Lipinski definition) is 0. The van der Waals surface area contributed by atoms with Crippen LogP contribution in [0.4, 0.5) is 0 Å². The van der Waals surface area contributed by atoms with Gasteiger partial charge in [0.15, 0.2) is 5.65 Å². The van der Waals surface area contributed by atoms with E-state index in [1.54, 1.807) is 29.0 Å². The molecule has 0 fully saturated rings. The van der Waals surface area contributed by atoms with Crippen molar-refractivity contribution in [3.05, 3.63) is 93.3 Å². The first-order valence-corrected chi connectivity index (χ1v) is 8.46. The minimum absolute atomic E-state index is 0.149. The number of halogens is 1. The highest BCUT2D eigenvalue weighted by molar-refractivity contribution is 6.30. The Labute approximate surface area is 154 Å². The minimum atomic E-state index is -0.149. The highest BCUT2D eigenvalue weighted by atomic mass is 35.5. The fraction of sp³-hybridized carbons (Fsp3) is 0.0500. The Morgan fingerprint density at radius 3 is 2.62 bits per heavy atom. The van der Waals surface area contributed by atoms with Gasteiger partial charge in [0, 0.05) is 35.2 Å². The molecule has 0 unspecified atom stereocenters. The van der Waals surface area contributed by atoms with Gasteiger partial charge < -0.3 is 0 Å². The Bertz CT molecular complexity index is 1160. The van der Waals surface area contributed by atoms with Crippen molar-refractivity contribution >= 4 is 29.4 Å². The summed E-state index contributed by atoms with van der Waals surface area (Å²) < 4.78 is 3.38. The van der Waals surface area contributed by atoms with E-state index in [2.05, 4.69) is 9.97 Å². The van der Waals surface area contributed by atoms with Gasteiger partial charge >= 0.3 is 0 Å². The molecule has 26 heavy (non-hydrogen) atoms. The average Bonchev–Trinajstić information content (AvgIpc) is 2.98. The Kier molecular flexibility index (Phi) is 4.14. The first-order chi connectivity index (χ1) is 12.6. The molecule has 0 saturated heterocycles. The monoisotopic (exact) mass is 362 g/mol. The van der Waals surface area contributed by atoms with Crippen LogP contribution >= 0.6 is 11.6 Å². The lowest BCUT2D eigenvalue weighted by Gasteiger charge is -2.09. The van der Waals surface area contributed by atoms with Gasteiger partial charge in [0.2, 0.25) is 0 Å². The van der Waals surface area contributed by atoms with Gasteiger partial charge in [-0.3, -0.25) is 9.78 Å². The van der Waals surface area contributed by atoms with Crippen LogP contribution in [0.25, 0.3) is 23.5 Å². The van der Waals surface area contributed by atoms with Crippen molar-refractivity contribution in [2.75, 3.05) is 0 Å². The fourth-order valence-electron chi connectivity index (χ4n) is 2.86. The van der Waals surface area contributed by atoms with Crippen LogP contribution in [0, 0.1) is 6.92 Å². The van der Waals surface area contributed by atoms with Crippen LogP contribution in [0.15, 0.2) is 65.7 Å². The highest BCUT2D eigenvalue weighted by Crippen LogP contribution is 2.17. The summed E-state index contributed by atoms with van der Waals surface area (Å²) in [5.41, 5.74) is 3.76. The van der Waals surface area contributed by atoms with Crippen LogP contribution < -0.4 is 5.56 Å². The molecule has 0 atom stereocenters. The van der Waals surface area contributed by atoms with Crippen LogP contribution in [0.5, 0.6) is 0 Å². The Morgan fingerprint density at radius 2 is 1.88 bits per heavy atom. The molecule has 1 aromatic carbocycles. The first-order valence-electron chi connectivity index (χ1n) is 8.08. The predicted molar refractivity (Wildman–Crippen MR) is 104 cm³/mol. The summed E-state index contributed by atoms with van der Waals surface area (Å²) in [7, 11) is 0. The van der Waals surface area contributed by atoms with Gasteiger partial charge in [-0.25, -0.2) is 9.67 Å². The van der Waals surface area contributed by atoms with Crippen molar-refractivity contribution in [3.63, 3.8) is 0 Å². The van der Waals surface area contributed by atoms with E-state index in [1.807, 2.05) is 54.1 Å². The third kappa shape index (κ3) is 3.05. The second-order valence-electron chi connectivity index (χ2n) is 5.88. The van der Waals surface area contributed by atoms with Gasteiger partial charge in [-0.05, 0) is 48.9 Å². The van der Waals surface area contributed by atoms with E-state index in [0.717, 1.165) is 16.9 Å². The van der Waals surface area contributed by atoms with Gasteiger partial charge in [0.1, 0.15) is 0 Å². The molecular formula is C20H15ClN4O. The molecule has 4 aromatic rings. The maximum absolute atomic E-state index is 12.7. The lowest BCUT2D eigenvalue weighted by Crippen LogP contribution is -2.20. The molecule has 0 N–H and O–H groups in total. The molecule has 3 aromatic heterocycles. The fourth-order valence-corrected chi connectivity index (χ4v) is 2.98. The Morgan fingerprint density at radius 1 is 1.08 bits per heavy atom. The SMILES string of the molecule is Cc1cc2nc(C=Cc3cccnc3)cc(=O)n2n1-c1ccc(Cl)cc1. The number of aromatic nitrogens is 4. The number of nitrogens with zero attached hydrogens (tertiary/aromatic N) is 4. The van der Waals surface area contributed by atoms with Crippen molar-refractivity contribution in [2.45, 2.75) is 6.92 Å². The predicted octanol–water partition coefficient (Wildman–Crippen LogP) is 4.01. The molecule has 3 heterocycles. The lowest BCUT2D eigenvalue weighted by atomic mass is 10.2. The lowest BCUT2D eigenvalue weighted by molar-refractivity contribution is 0.743. The van der Waals surface area contributed by atoms with Gasteiger partial charge in [0.25, 0.3) is 5.56 Å². The quantitative estimate of drug-likeness (QED) is 0.553. The summed E-state index contributed by atoms with van der Waals surface area (Å²) >= 11 is 5.97. The molecule has 0 saturated carbocycles. The minimum Gasteiger partial charge on any atom is -0.267 e. The van der Waals surface area contributed by atoms with E-state index in [-0.39, 0.29) is 5.56 Å². The zero-order valence-corrected chi connectivity index (χ0v) is 14.8. The van der Waals surface area contributed by atoms with Crippen LogP contribution in [-0.4, -0.2) is 19.2 Å². The van der Waals surface area contributed by atoms with Crippen molar-refractivity contribution in [1.29, 1.82) is 0 Å². The molecule has 128 valence electrons. The molecule has 5 nitrogen and oxygen atoms in total. The molecule has 0 bridgehead atoms. The van der Waals surface area contributed by atoms with Crippen molar-refractivity contribution in [2.24, 2.45) is 0 Å². The zero-order valence-electron chi connectivity index (χ0n) is 14.0. The van der Waals surface area contributed by atoms with E-state index in [9.17, 15) is 4.79 Å². The summed E-state index contributed by atoms with van der Waals surface area (Å²) in [5, 5.41) is 0.649. The first kappa shape index (κ1) is 16.3. The second kappa shape index (κ2) is 6.61. The summed E-state index contributed by atoms with van der Waals surface area (Å²) in [6.07, 6.45) is 7.17. The zero-order chi connectivity index (χ0) is 18.1.